The number of hydrogen-bond donors (Lipinski definition) is 2. The molecule has 0 bridgehead atoms. The van der Waals surface area contributed by atoms with Crippen LogP contribution in [0.3, 0.4) is 0 Å². The Morgan fingerprint density at radius 1 is 1.26 bits per heavy atom. The first-order valence-corrected chi connectivity index (χ1v) is 8.23. The average molecular weight is 318 g/mol. The van der Waals surface area contributed by atoms with Gasteiger partial charge >= 0.3 is 5.97 Å². The Kier molecular flexibility index (Phi) is 4.24. The molecule has 0 radical (unpaired) electrons. The number of carboxylic acid groups (broad SMARTS) is 1. The van der Waals surface area contributed by atoms with Crippen molar-refractivity contribution in [3.8, 4) is 0 Å². The van der Waals surface area contributed by atoms with E-state index >= 15 is 0 Å². The van der Waals surface area contributed by atoms with Gasteiger partial charge in [-0.1, -0.05) is 6.92 Å². The molecule has 124 valence electrons. The lowest BCUT2D eigenvalue weighted by Gasteiger charge is -2.34. The number of aryl methyl sites for hydroxylation is 2. The van der Waals surface area contributed by atoms with E-state index < -0.39 is 11.9 Å². The maximum absolute atomic E-state index is 12.7. The monoisotopic (exact) mass is 318 g/mol. The highest BCUT2D eigenvalue weighted by atomic mass is 16.4. The summed E-state index contributed by atoms with van der Waals surface area (Å²) in [5.41, 5.74) is 1.76. The van der Waals surface area contributed by atoms with Gasteiger partial charge in [-0.3, -0.25) is 14.4 Å². The number of hydrogen-bond acceptors (Lipinski definition) is 3. The first-order valence-electron chi connectivity index (χ1n) is 8.23. The highest BCUT2D eigenvalue weighted by Crippen LogP contribution is 2.24. The lowest BCUT2D eigenvalue weighted by molar-refractivity contribution is -0.143. The van der Waals surface area contributed by atoms with Gasteiger partial charge in [0.05, 0.1) is 5.92 Å². The molecule has 2 atom stereocenters. The van der Waals surface area contributed by atoms with E-state index in [1.807, 2.05) is 6.92 Å². The molecule has 2 heterocycles. The van der Waals surface area contributed by atoms with E-state index in [1.54, 1.807) is 6.07 Å². The van der Waals surface area contributed by atoms with Crippen LogP contribution in [0.4, 0.5) is 0 Å². The first kappa shape index (κ1) is 15.8. The van der Waals surface area contributed by atoms with Gasteiger partial charge in [-0.25, -0.2) is 0 Å². The minimum absolute atomic E-state index is 0.116. The number of aliphatic carboxylic acids is 1. The topological polar surface area (TPSA) is 90.5 Å². The summed E-state index contributed by atoms with van der Waals surface area (Å²) in [5, 5.41) is 9.23. The van der Waals surface area contributed by atoms with Gasteiger partial charge in [0, 0.05) is 18.8 Å². The van der Waals surface area contributed by atoms with Crippen molar-refractivity contribution in [1.29, 1.82) is 0 Å². The van der Waals surface area contributed by atoms with Crippen LogP contribution in [-0.2, 0) is 17.6 Å². The standard InChI is InChI=1S/C17H22N2O4/c1-10-6-12(17(22)23)9-19(8-10)16(21)13-7-11-4-2-3-5-14(11)18-15(13)20/h7,10,12H,2-6,8-9H2,1H3,(H,18,20)(H,22,23). The second-order valence-corrected chi connectivity index (χ2v) is 6.81. The maximum Gasteiger partial charge on any atom is 0.308 e. The molecule has 6 heteroatoms. The molecule has 1 aromatic heterocycles. The maximum atomic E-state index is 12.7. The van der Waals surface area contributed by atoms with Crippen LogP contribution in [0.25, 0.3) is 0 Å². The van der Waals surface area contributed by atoms with Gasteiger partial charge in [0.15, 0.2) is 0 Å². The number of likely N-dealkylation sites (tertiary alicyclic amines) is 1. The Hall–Kier alpha value is -2.11. The molecule has 2 N–H and O–H groups in total. The third kappa shape index (κ3) is 3.16. The van der Waals surface area contributed by atoms with E-state index in [4.69, 9.17) is 0 Å². The van der Waals surface area contributed by atoms with Gasteiger partial charge in [-0.05, 0) is 49.7 Å². The fraction of sp³-hybridized carbons (Fsp3) is 0.588. The molecule has 2 unspecified atom stereocenters. The molecule has 0 saturated carbocycles. The summed E-state index contributed by atoms with van der Waals surface area (Å²) in [5.74, 6) is -1.67. The summed E-state index contributed by atoms with van der Waals surface area (Å²) >= 11 is 0. The number of carboxylic acids is 1. The molecule has 1 aliphatic carbocycles. The van der Waals surface area contributed by atoms with Crippen LogP contribution in [-0.4, -0.2) is 40.0 Å². The Morgan fingerprint density at radius 3 is 2.74 bits per heavy atom. The van der Waals surface area contributed by atoms with Crippen molar-refractivity contribution in [3.63, 3.8) is 0 Å². The molecular weight excluding hydrogens is 296 g/mol. The highest BCUT2D eigenvalue weighted by Gasteiger charge is 2.33. The Labute approximate surface area is 134 Å². The molecule has 1 fully saturated rings. The number of nitrogens with zero attached hydrogens (tertiary/aromatic N) is 1. The minimum Gasteiger partial charge on any atom is -0.481 e. The Bertz CT molecular complexity index is 694. The normalized spacial score (nSPS) is 24.1. The van der Waals surface area contributed by atoms with E-state index in [0.29, 0.717) is 13.0 Å². The number of rotatable bonds is 2. The van der Waals surface area contributed by atoms with Crippen LogP contribution in [0.1, 0.15) is 47.8 Å². The predicted molar refractivity (Wildman–Crippen MR) is 84.5 cm³/mol. The lowest BCUT2D eigenvalue weighted by atomic mass is 9.90. The third-order valence-corrected chi connectivity index (χ3v) is 4.86. The van der Waals surface area contributed by atoms with Crippen molar-refractivity contribution in [2.75, 3.05) is 13.1 Å². The number of H-pyrrole nitrogens is 1. The number of pyridine rings is 1. The average Bonchev–Trinajstić information content (AvgIpc) is 2.53. The molecule has 2 aliphatic rings. The molecule has 1 amide bonds. The van der Waals surface area contributed by atoms with Gasteiger partial charge in [-0.2, -0.15) is 0 Å². The summed E-state index contributed by atoms with van der Waals surface area (Å²) in [6, 6.07) is 1.71. The zero-order valence-electron chi connectivity index (χ0n) is 13.3. The summed E-state index contributed by atoms with van der Waals surface area (Å²) in [4.78, 5) is 40.6. The molecule has 1 saturated heterocycles. The number of fused-ring (bicyclic) bond motifs is 1. The highest BCUT2D eigenvalue weighted by molar-refractivity contribution is 5.94. The fourth-order valence-corrected chi connectivity index (χ4v) is 3.70. The van der Waals surface area contributed by atoms with E-state index in [0.717, 1.165) is 36.9 Å². The van der Waals surface area contributed by atoms with Crippen molar-refractivity contribution in [2.45, 2.75) is 39.0 Å². The van der Waals surface area contributed by atoms with Crippen molar-refractivity contribution in [3.05, 3.63) is 33.2 Å². The molecule has 1 aromatic rings. The van der Waals surface area contributed by atoms with Crippen LogP contribution >= 0.6 is 0 Å². The third-order valence-electron chi connectivity index (χ3n) is 4.86. The SMILES string of the molecule is CC1CC(C(=O)O)CN(C(=O)c2cc3c([nH]c2=O)CCCC3)C1. The van der Waals surface area contributed by atoms with Crippen LogP contribution in [0.15, 0.2) is 10.9 Å². The number of piperidine rings is 1. The number of aromatic amines is 1. The Balaban J connectivity index is 1.88. The molecule has 23 heavy (non-hydrogen) atoms. The predicted octanol–water partition coefficient (Wildman–Crippen LogP) is 1.44. The number of carbonyl (C=O) groups excluding carboxylic acids is 1. The van der Waals surface area contributed by atoms with Crippen molar-refractivity contribution in [2.24, 2.45) is 11.8 Å². The molecule has 6 nitrogen and oxygen atoms in total. The molecule has 3 rings (SSSR count). The van der Waals surface area contributed by atoms with Crippen molar-refractivity contribution in [1.82, 2.24) is 9.88 Å². The van der Waals surface area contributed by atoms with E-state index in [1.165, 1.54) is 4.90 Å². The zero-order valence-corrected chi connectivity index (χ0v) is 13.3. The molecule has 1 aliphatic heterocycles. The van der Waals surface area contributed by atoms with E-state index in [-0.39, 0.29) is 29.5 Å². The zero-order chi connectivity index (χ0) is 16.6. The van der Waals surface area contributed by atoms with Gasteiger partial charge in [0.2, 0.25) is 0 Å². The summed E-state index contributed by atoms with van der Waals surface area (Å²) in [7, 11) is 0. The number of aromatic nitrogens is 1. The number of amides is 1. The first-order chi connectivity index (χ1) is 11.0. The second-order valence-electron chi connectivity index (χ2n) is 6.81. The summed E-state index contributed by atoms with van der Waals surface area (Å²) in [6.45, 7) is 2.61. The van der Waals surface area contributed by atoms with Gasteiger partial charge in [-0.15, -0.1) is 0 Å². The van der Waals surface area contributed by atoms with Crippen molar-refractivity contribution >= 4 is 11.9 Å². The molecule has 0 spiro atoms. The van der Waals surface area contributed by atoms with Crippen LogP contribution < -0.4 is 5.56 Å². The molecule has 0 aromatic carbocycles. The van der Waals surface area contributed by atoms with E-state index in [9.17, 15) is 19.5 Å². The number of carbonyl (C=O) groups is 2. The van der Waals surface area contributed by atoms with Crippen molar-refractivity contribution < 1.29 is 14.7 Å². The lowest BCUT2D eigenvalue weighted by Crippen LogP contribution is -2.46. The smallest absolute Gasteiger partial charge is 0.308 e. The number of nitrogens with one attached hydrogen (secondary N) is 1. The van der Waals surface area contributed by atoms with E-state index in [2.05, 4.69) is 4.98 Å². The largest absolute Gasteiger partial charge is 0.481 e. The van der Waals surface area contributed by atoms with Crippen LogP contribution in [0.5, 0.6) is 0 Å². The van der Waals surface area contributed by atoms with Gasteiger partial charge in [0.25, 0.3) is 11.5 Å². The fourth-order valence-electron chi connectivity index (χ4n) is 3.70. The van der Waals surface area contributed by atoms with Gasteiger partial charge in [0.1, 0.15) is 5.56 Å². The van der Waals surface area contributed by atoms with Crippen LogP contribution in [0, 0.1) is 11.8 Å². The summed E-state index contributed by atoms with van der Waals surface area (Å²) in [6.07, 6.45) is 4.41. The summed E-state index contributed by atoms with van der Waals surface area (Å²) < 4.78 is 0. The second kappa shape index (κ2) is 6.18. The van der Waals surface area contributed by atoms with Crippen LogP contribution in [0.2, 0.25) is 0 Å². The van der Waals surface area contributed by atoms with Gasteiger partial charge < -0.3 is 15.0 Å². The quantitative estimate of drug-likeness (QED) is 0.863. The Morgan fingerprint density at radius 2 is 2.00 bits per heavy atom. The minimum atomic E-state index is -0.881. The molecular formula is C17H22N2O4.